The third-order valence-electron chi connectivity index (χ3n) is 3.65. The van der Waals surface area contributed by atoms with Gasteiger partial charge in [-0.2, -0.15) is 0 Å². The zero-order valence-corrected chi connectivity index (χ0v) is 12.3. The third kappa shape index (κ3) is 3.18. The molecule has 0 heterocycles. The first-order valence-corrected chi connectivity index (χ1v) is 7.27. The molecule has 1 aromatic rings. The average molecular weight is 267 g/mol. The zero-order chi connectivity index (χ0) is 13.1. The summed E-state index contributed by atoms with van der Waals surface area (Å²) in [5.41, 5.74) is 2.42. The summed E-state index contributed by atoms with van der Waals surface area (Å²) in [5, 5.41) is 4.35. The van der Waals surface area contributed by atoms with Gasteiger partial charge in [0.1, 0.15) is 0 Å². The Morgan fingerprint density at radius 2 is 2.17 bits per heavy atom. The smallest absolute Gasteiger partial charge is 0.0474 e. The quantitative estimate of drug-likeness (QED) is 0.837. The molecule has 0 spiro atoms. The first kappa shape index (κ1) is 13.7. The van der Waals surface area contributed by atoms with Crippen LogP contribution >= 0.6 is 11.6 Å². The van der Waals surface area contributed by atoms with Crippen LogP contribution in [0.5, 0.6) is 0 Å². The number of benzene rings is 1. The summed E-state index contributed by atoms with van der Waals surface area (Å²) >= 11 is 6.41. The van der Waals surface area contributed by atoms with Gasteiger partial charge >= 0.3 is 0 Å². The monoisotopic (exact) mass is 266 g/mol. The highest BCUT2D eigenvalue weighted by molar-refractivity contribution is 6.31. The largest absolute Gasteiger partial charge is 0.372 e. The summed E-state index contributed by atoms with van der Waals surface area (Å²) in [6.45, 7) is 5.37. The van der Waals surface area contributed by atoms with Crippen LogP contribution in [-0.2, 0) is 0 Å². The highest BCUT2D eigenvalue weighted by Gasteiger charge is 2.26. The molecule has 100 valence electrons. The predicted molar refractivity (Wildman–Crippen MR) is 79.6 cm³/mol. The standard InChI is InChI=1S/C15H23ClN2/c1-4-9-17-11(2)14-8-7-13(10-15(14)16)18(3)12-5-6-12/h7-8,10-12,17H,4-6,9H2,1-3H3. The summed E-state index contributed by atoms with van der Waals surface area (Å²) in [6.07, 6.45) is 3.76. The van der Waals surface area contributed by atoms with Crippen molar-refractivity contribution in [3.63, 3.8) is 0 Å². The molecule has 0 amide bonds. The summed E-state index contributed by atoms with van der Waals surface area (Å²) < 4.78 is 0. The molecule has 0 aliphatic heterocycles. The minimum atomic E-state index is 0.317. The maximum Gasteiger partial charge on any atom is 0.0474 e. The van der Waals surface area contributed by atoms with E-state index in [1.165, 1.54) is 24.1 Å². The van der Waals surface area contributed by atoms with E-state index in [-0.39, 0.29) is 0 Å². The van der Waals surface area contributed by atoms with Crippen molar-refractivity contribution >= 4 is 17.3 Å². The number of nitrogens with one attached hydrogen (secondary N) is 1. The molecule has 1 fully saturated rings. The molecule has 18 heavy (non-hydrogen) atoms. The number of rotatable bonds is 6. The first-order valence-electron chi connectivity index (χ1n) is 6.89. The number of halogens is 1. The Morgan fingerprint density at radius 1 is 1.44 bits per heavy atom. The van der Waals surface area contributed by atoms with Gasteiger partial charge < -0.3 is 10.2 Å². The minimum absolute atomic E-state index is 0.317. The van der Waals surface area contributed by atoms with E-state index in [0.717, 1.165) is 24.0 Å². The number of anilines is 1. The van der Waals surface area contributed by atoms with Gasteiger partial charge in [0.15, 0.2) is 0 Å². The predicted octanol–water partition coefficient (Wildman–Crippen LogP) is 4.00. The molecule has 1 aliphatic rings. The Labute approximate surface area is 115 Å². The molecular weight excluding hydrogens is 244 g/mol. The van der Waals surface area contributed by atoms with Gasteiger partial charge in [-0.05, 0) is 50.4 Å². The van der Waals surface area contributed by atoms with Gasteiger partial charge in [-0.1, -0.05) is 24.6 Å². The van der Waals surface area contributed by atoms with Crippen LogP contribution in [0.1, 0.15) is 44.7 Å². The number of hydrogen-bond acceptors (Lipinski definition) is 2. The van der Waals surface area contributed by atoms with E-state index >= 15 is 0 Å². The fourth-order valence-corrected chi connectivity index (χ4v) is 2.57. The van der Waals surface area contributed by atoms with Gasteiger partial charge in [0.05, 0.1) is 0 Å². The molecular formula is C15H23ClN2. The molecule has 0 radical (unpaired) electrons. The van der Waals surface area contributed by atoms with E-state index in [9.17, 15) is 0 Å². The Balaban J connectivity index is 2.08. The molecule has 1 N–H and O–H groups in total. The molecule has 3 heteroatoms. The van der Waals surface area contributed by atoms with Crippen LogP contribution in [-0.4, -0.2) is 19.6 Å². The Hall–Kier alpha value is -0.730. The fraction of sp³-hybridized carbons (Fsp3) is 0.600. The van der Waals surface area contributed by atoms with Gasteiger partial charge in [0, 0.05) is 29.8 Å². The van der Waals surface area contributed by atoms with Crippen molar-refractivity contribution < 1.29 is 0 Å². The molecule has 2 nitrogen and oxygen atoms in total. The topological polar surface area (TPSA) is 15.3 Å². The second-order valence-electron chi connectivity index (χ2n) is 5.22. The molecule has 2 rings (SSSR count). The molecule has 1 aromatic carbocycles. The SMILES string of the molecule is CCCNC(C)c1ccc(N(C)C2CC2)cc1Cl. The molecule has 1 aliphatic carbocycles. The van der Waals surface area contributed by atoms with Gasteiger partial charge in [0.25, 0.3) is 0 Å². The fourth-order valence-electron chi connectivity index (χ4n) is 2.23. The lowest BCUT2D eigenvalue weighted by molar-refractivity contribution is 0.571. The van der Waals surface area contributed by atoms with Crippen molar-refractivity contribution in [2.24, 2.45) is 0 Å². The van der Waals surface area contributed by atoms with E-state index in [4.69, 9.17) is 11.6 Å². The molecule has 0 saturated heterocycles. The summed E-state index contributed by atoms with van der Waals surface area (Å²) in [7, 11) is 2.15. The van der Waals surface area contributed by atoms with Crippen LogP contribution in [0.2, 0.25) is 5.02 Å². The van der Waals surface area contributed by atoms with E-state index in [0.29, 0.717) is 6.04 Å². The summed E-state index contributed by atoms with van der Waals surface area (Å²) in [5.74, 6) is 0. The summed E-state index contributed by atoms with van der Waals surface area (Å²) in [6, 6.07) is 7.48. The van der Waals surface area contributed by atoms with Crippen LogP contribution in [0.3, 0.4) is 0 Å². The number of nitrogens with zero attached hydrogens (tertiary/aromatic N) is 1. The van der Waals surface area contributed by atoms with Crippen molar-refractivity contribution in [2.75, 3.05) is 18.5 Å². The molecule has 1 atom stereocenters. The maximum absolute atomic E-state index is 6.41. The lowest BCUT2D eigenvalue weighted by Gasteiger charge is -2.21. The Kier molecular flexibility index (Phi) is 4.52. The van der Waals surface area contributed by atoms with E-state index < -0.39 is 0 Å². The lowest BCUT2D eigenvalue weighted by atomic mass is 10.1. The van der Waals surface area contributed by atoms with Crippen molar-refractivity contribution in [1.82, 2.24) is 5.32 Å². The maximum atomic E-state index is 6.41. The van der Waals surface area contributed by atoms with Crippen molar-refractivity contribution in [2.45, 2.75) is 45.2 Å². The van der Waals surface area contributed by atoms with E-state index in [1.54, 1.807) is 0 Å². The van der Waals surface area contributed by atoms with Crippen LogP contribution in [0.25, 0.3) is 0 Å². The second kappa shape index (κ2) is 5.94. The third-order valence-corrected chi connectivity index (χ3v) is 3.98. The van der Waals surface area contributed by atoms with Crippen LogP contribution in [0.15, 0.2) is 18.2 Å². The molecule has 0 aromatic heterocycles. The van der Waals surface area contributed by atoms with Gasteiger partial charge in [-0.3, -0.25) is 0 Å². The van der Waals surface area contributed by atoms with Crippen LogP contribution in [0, 0.1) is 0 Å². The van der Waals surface area contributed by atoms with Crippen molar-refractivity contribution in [3.05, 3.63) is 28.8 Å². The highest BCUT2D eigenvalue weighted by atomic mass is 35.5. The Bertz CT molecular complexity index is 401. The molecule has 1 saturated carbocycles. The normalized spacial score (nSPS) is 16.7. The number of hydrogen-bond donors (Lipinski definition) is 1. The van der Waals surface area contributed by atoms with Crippen molar-refractivity contribution in [3.8, 4) is 0 Å². The average Bonchev–Trinajstić information content (AvgIpc) is 3.19. The zero-order valence-electron chi connectivity index (χ0n) is 11.5. The molecule has 1 unspecified atom stereocenters. The van der Waals surface area contributed by atoms with E-state index in [1.807, 2.05) is 0 Å². The minimum Gasteiger partial charge on any atom is -0.372 e. The van der Waals surface area contributed by atoms with Crippen molar-refractivity contribution in [1.29, 1.82) is 0 Å². The lowest BCUT2D eigenvalue weighted by Crippen LogP contribution is -2.21. The van der Waals surface area contributed by atoms with Gasteiger partial charge in [-0.15, -0.1) is 0 Å². The van der Waals surface area contributed by atoms with E-state index in [2.05, 4.69) is 49.3 Å². The van der Waals surface area contributed by atoms with Crippen LogP contribution < -0.4 is 10.2 Å². The van der Waals surface area contributed by atoms with Gasteiger partial charge in [-0.25, -0.2) is 0 Å². The van der Waals surface area contributed by atoms with Crippen LogP contribution in [0.4, 0.5) is 5.69 Å². The van der Waals surface area contributed by atoms with Gasteiger partial charge in [0.2, 0.25) is 0 Å². The summed E-state index contributed by atoms with van der Waals surface area (Å²) in [4.78, 5) is 2.33. The highest BCUT2D eigenvalue weighted by Crippen LogP contribution is 2.33. The Morgan fingerprint density at radius 3 is 2.72 bits per heavy atom. The molecule has 0 bridgehead atoms. The second-order valence-corrected chi connectivity index (χ2v) is 5.63. The first-order chi connectivity index (χ1) is 8.63.